The highest BCUT2D eigenvalue weighted by molar-refractivity contribution is 7.90. The predicted octanol–water partition coefficient (Wildman–Crippen LogP) is 3.09. The van der Waals surface area contributed by atoms with Crippen LogP contribution in [0.5, 0.6) is 5.75 Å². The van der Waals surface area contributed by atoms with Gasteiger partial charge in [0.1, 0.15) is 15.6 Å². The Labute approximate surface area is 189 Å². The summed E-state index contributed by atoms with van der Waals surface area (Å²) in [6.07, 6.45) is -2.14. The summed E-state index contributed by atoms with van der Waals surface area (Å²) in [4.78, 5) is 27.1. The van der Waals surface area contributed by atoms with Crippen molar-refractivity contribution in [3.05, 3.63) is 58.7 Å². The van der Waals surface area contributed by atoms with Gasteiger partial charge in [0.2, 0.25) is 5.91 Å². The summed E-state index contributed by atoms with van der Waals surface area (Å²) >= 11 is 0. The smallest absolute Gasteiger partial charge is 0.257 e. The minimum atomic E-state index is -5.39. The molecular weight excluding hydrogens is 416 g/mol. The van der Waals surface area contributed by atoms with E-state index in [0.717, 1.165) is 17.7 Å². The zero-order chi connectivity index (χ0) is 26.6. The molecule has 0 radical (unpaired) electrons. The maximum atomic E-state index is 13.7. The summed E-state index contributed by atoms with van der Waals surface area (Å²) in [6.45, 7) is 1.49. The third-order valence-corrected chi connectivity index (χ3v) is 6.02. The van der Waals surface area contributed by atoms with Crippen LogP contribution in [0.3, 0.4) is 0 Å². The summed E-state index contributed by atoms with van der Waals surface area (Å²) in [5, 5.41) is 2.75. The van der Waals surface area contributed by atoms with Gasteiger partial charge in [-0.1, -0.05) is 24.3 Å². The lowest BCUT2D eigenvalue weighted by molar-refractivity contribution is -0.117. The van der Waals surface area contributed by atoms with Crippen LogP contribution in [0.25, 0.3) is 0 Å². The minimum absolute atomic E-state index is 0.0934. The number of methoxy groups -OCH3 is 1. The number of ether oxygens (including phenoxy) is 1. The molecule has 1 fully saturated rings. The second kappa shape index (κ2) is 8.00. The third-order valence-electron chi connectivity index (χ3n) is 5.49. The first-order valence-corrected chi connectivity index (χ1v) is 11.3. The van der Waals surface area contributed by atoms with Crippen molar-refractivity contribution in [2.75, 3.05) is 24.3 Å². The van der Waals surface area contributed by atoms with Crippen LogP contribution >= 0.6 is 0 Å². The van der Waals surface area contributed by atoms with E-state index >= 15 is 0 Å². The molecule has 2 aliphatic rings. The molecule has 1 atom stereocenters. The van der Waals surface area contributed by atoms with Crippen molar-refractivity contribution in [2.45, 2.75) is 32.4 Å². The van der Waals surface area contributed by atoms with Crippen molar-refractivity contribution < 1.29 is 29.6 Å². The van der Waals surface area contributed by atoms with Crippen molar-refractivity contribution in [1.29, 1.82) is 0 Å². The number of fused-ring (bicyclic) bond motifs is 1. The zero-order valence-electron chi connectivity index (χ0n) is 22.1. The lowest BCUT2D eigenvalue weighted by Gasteiger charge is -2.28. The van der Waals surface area contributed by atoms with Crippen molar-refractivity contribution >= 4 is 27.3 Å². The minimum Gasteiger partial charge on any atom is -0.496 e. The number of anilines is 1. The highest BCUT2D eigenvalue weighted by Gasteiger charge is 2.38. The van der Waals surface area contributed by atoms with Crippen molar-refractivity contribution in [3.8, 4) is 5.75 Å². The van der Waals surface area contributed by atoms with Gasteiger partial charge in [0.15, 0.2) is 0 Å². The molecule has 1 N–H and O–H groups in total. The predicted molar refractivity (Wildman–Crippen MR) is 118 cm³/mol. The average molecular weight is 448 g/mol. The molecule has 31 heavy (non-hydrogen) atoms. The number of sulfone groups is 1. The van der Waals surface area contributed by atoms with Gasteiger partial charge in [-0.05, 0) is 48.6 Å². The molecule has 1 aliphatic carbocycles. The first kappa shape index (κ1) is 15.9. The number of benzene rings is 2. The Hall–Kier alpha value is -2.87. The number of carbonyl (C=O) groups is 2. The van der Waals surface area contributed by atoms with Gasteiger partial charge in [-0.25, -0.2) is 8.42 Å². The average Bonchev–Trinajstić information content (AvgIpc) is 3.58. The lowest BCUT2D eigenvalue weighted by atomic mass is 10.0. The Bertz CT molecular complexity index is 1340. The quantitative estimate of drug-likeness (QED) is 0.704. The Morgan fingerprint density at radius 2 is 2.13 bits per heavy atom. The van der Waals surface area contributed by atoms with Gasteiger partial charge in [0.05, 0.1) is 30.1 Å². The molecule has 1 saturated carbocycles. The van der Waals surface area contributed by atoms with E-state index in [1.54, 1.807) is 25.1 Å². The molecular formula is C23H26N2O5S. The number of nitrogens with zero attached hydrogens (tertiary/aromatic N) is 1. The molecule has 2 aromatic carbocycles. The van der Waals surface area contributed by atoms with Crippen LogP contribution < -0.4 is 10.1 Å². The van der Waals surface area contributed by atoms with E-state index in [2.05, 4.69) is 5.32 Å². The normalized spacial score (nSPS) is 20.0. The number of hydrogen-bond acceptors (Lipinski definition) is 5. The van der Waals surface area contributed by atoms with Crippen LogP contribution in [0.2, 0.25) is 0 Å². The van der Waals surface area contributed by atoms with Crippen molar-refractivity contribution in [2.24, 2.45) is 5.92 Å². The maximum absolute atomic E-state index is 13.7. The van der Waals surface area contributed by atoms with Gasteiger partial charge in [-0.15, -0.1) is 0 Å². The first-order valence-electron chi connectivity index (χ1n) is 12.3. The SMILES string of the molecule is [2H]C([2H])([2H])S(=O)(=O)C([2H])([2H])[C@H](c1ccc(OC)c(C)c1)N1Cc2cccc(NC(=O)C3CC3)c2C1=O. The molecule has 2 aromatic rings. The van der Waals surface area contributed by atoms with Gasteiger partial charge in [0, 0.05) is 25.5 Å². The fourth-order valence-corrected chi connectivity index (χ4v) is 4.36. The standard InChI is InChI=1S/C23H26N2O5S/c1-14-11-16(9-10-20(14)30-2)19(13-31(3,28)29)25-12-17-5-4-6-18(21(17)23(25)27)24-22(26)15-7-8-15/h4-6,9-11,15,19H,7-8,12-13H2,1-3H3,(H,24,26)/t19-/m1/s1/i3D3,13D2. The molecule has 1 aliphatic heterocycles. The number of amides is 2. The topological polar surface area (TPSA) is 92.8 Å². The molecule has 2 amide bonds. The van der Waals surface area contributed by atoms with E-state index in [-0.39, 0.29) is 35.2 Å². The van der Waals surface area contributed by atoms with Crippen LogP contribution in [0.4, 0.5) is 5.69 Å². The van der Waals surface area contributed by atoms with E-state index in [4.69, 9.17) is 11.6 Å². The highest BCUT2D eigenvalue weighted by Crippen LogP contribution is 2.38. The van der Waals surface area contributed by atoms with Crippen LogP contribution in [0.1, 0.15) is 52.8 Å². The summed E-state index contributed by atoms with van der Waals surface area (Å²) in [7, 11) is -3.95. The van der Waals surface area contributed by atoms with Crippen LogP contribution in [0.15, 0.2) is 36.4 Å². The molecule has 4 rings (SSSR count). The van der Waals surface area contributed by atoms with E-state index in [9.17, 15) is 18.0 Å². The molecule has 164 valence electrons. The number of hydrogen-bond donors (Lipinski definition) is 1. The monoisotopic (exact) mass is 447 g/mol. The summed E-state index contributed by atoms with van der Waals surface area (Å²) in [5.74, 6) is -0.600. The van der Waals surface area contributed by atoms with Crippen LogP contribution in [0, 0.1) is 12.8 Å². The Kier molecular flexibility index (Phi) is 4.09. The summed E-state index contributed by atoms with van der Waals surface area (Å²) in [6, 6.07) is 7.42. The number of carbonyl (C=O) groups excluding carboxylic acids is 2. The maximum Gasteiger partial charge on any atom is 0.257 e. The first-order chi connectivity index (χ1) is 16.7. The molecule has 0 unspecified atom stereocenters. The van der Waals surface area contributed by atoms with Gasteiger partial charge < -0.3 is 15.0 Å². The highest BCUT2D eigenvalue weighted by atomic mass is 32.2. The molecule has 0 spiro atoms. The Balaban J connectivity index is 1.83. The second-order valence-corrected chi connectivity index (χ2v) is 9.03. The molecule has 8 heteroatoms. The van der Waals surface area contributed by atoms with E-state index in [0.29, 0.717) is 16.9 Å². The van der Waals surface area contributed by atoms with Crippen LogP contribution in [-0.4, -0.2) is 44.1 Å². The second-order valence-electron chi connectivity index (χ2n) is 7.79. The molecule has 7 nitrogen and oxygen atoms in total. The molecule has 0 saturated heterocycles. The fraction of sp³-hybridized carbons (Fsp3) is 0.391. The third kappa shape index (κ3) is 4.44. The van der Waals surface area contributed by atoms with Gasteiger partial charge in [0.25, 0.3) is 5.91 Å². The summed E-state index contributed by atoms with van der Waals surface area (Å²) < 4.78 is 70.8. The molecule has 1 heterocycles. The van der Waals surface area contributed by atoms with Gasteiger partial charge >= 0.3 is 0 Å². The largest absolute Gasteiger partial charge is 0.496 e. The van der Waals surface area contributed by atoms with Gasteiger partial charge in [-0.3, -0.25) is 9.59 Å². The Morgan fingerprint density at radius 1 is 1.35 bits per heavy atom. The van der Waals surface area contributed by atoms with E-state index < -0.39 is 33.7 Å². The number of aryl methyl sites for hydroxylation is 1. The van der Waals surface area contributed by atoms with Crippen LogP contribution in [-0.2, 0) is 21.2 Å². The van der Waals surface area contributed by atoms with Gasteiger partial charge in [-0.2, -0.15) is 0 Å². The van der Waals surface area contributed by atoms with Crippen molar-refractivity contribution in [1.82, 2.24) is 4.90 Å². The lowest BCUT2D eigenvalue weighted by Crippen LogP contribution is -2.34. The number of nitrogens with one attached hydrogen (secondary N) is 1. The number of rotatable bonds is 7. The summed E-state index contributed by atoms with van der Waals surface area (Å²) in [5.41, 5.74) is -1.90. The van der Waals surface area contributed by atoms with E-state index in [1.807, 2.05) is 0 Å². The van der Waals surface area contributed by atoms with Crippen molar-refractivity contribution in [3.63, 3.8) is 0 Å². The molecule has 0 aromatic heterocycles. The Morgan fingerprint density at radius 3 is 2.77 bits per heavy atom. The van der Waals surface area contributed by atoms with E-state index in [1.165, 1.54) is 25.3 Å². The fourth-order valence-electron chi connectivity index (χ4n) is 3.81. The molecule has 0 bridgehead atoms. The zero-order valence-corrected chi connectivity index (χ0v) is 18.0.